The molecule has 162 valence electrons. The Morgan fingerprint density at radius 2 is 1.86 bits per heavy atom. The van der Waals surface area contributed by atoms with Crippen LogP contribution in [-0.4, -0.2) is 65.4 Å². The Morgan fingerprint density at radius 1 is 1.24 bits per heavy atom. The third-order valence-corrected chi connectivity index (χ3v) is 6.26. The maximum absolute atomic E-state index is 13.0. The van der Waals surface area contributed by atoms with Crippen LogP contribution in [0.3, 0.4) is 0 Å². The summed E-state index contributed by atoms with van der Waals surface area (Å²) < 4.78 is 5.61. The van der Waals surface area contributed by atoms with E-state index in [0.29, 0.717) is 17.3 Å². The number of thioether (sulfide) groups is 1. The van der Waals surface area contributed by atoms with Gasteiger partial charge in [-0.25, -0.2) is 4.79 Å². The van der Waals surface area contributed by atoms with Crippen molar-refractivity contribution in [1.29, 1.82) is 0 Å². The minimum Gasteiger partial charge on any atom is -0.444 e. The molecule has 1 aromatic rings. The second-order valence-corrected chi connectivity index (χ2v) is 9.51. The van der Waals surface area contributed by atoms with Gasteiger partial charge in [-0.05, 0) is 51.6 Å². The van der Waals surface area contributed by atoms with Crippen LogP contribution in [0.15, 0.2) is 24.3 Å². The van der Waals surface area contributed by atoms with E-state index in [1.54, 1.807) is 28.8 Å². The highest BCUT2D eigenvalue weighted by Gasteiger charge is 2.44. The van der Waals surface area contributed by atoms with Crippen molar-refractivity contribution in [3.8, 4) is 0 Å². The number of carbonyl (C=O) groups is 2. The van der Waals surface area contributed by atoms with E-state index < -0.39 is 17.7 Å². The van der Waals surface area contributed by atoms with E-state index in [0.717, 1.165) is 25.2 Å². The Hall–Kier alpha value is -1.44. The van der Waals surface area contributed by atoms with Gasteiger partial charge in [-0.15, -0.1) is 11.8 Å². The zero-order chi connectivity index (χ0) is 21.6. The van der Waals surface area contributed by atoms with Crippen LogP contribution in [0.1, 0.15) is 45.6 Å². The molecule has 1 aromatic carbocycles. The van der Waals surface area contributed by atoms with E-state index in [1.165, 1.54) is 0 Å². The summed E-state index contributed by atoms with van der Waals surface area (Å²) in [5, 5.41) is 3.33. The molecule has 1 N–H and O–H groups in total. The molecule has 1 heterocycles. The van der Waals surface area contributed by atoms with Crippen molar-refractivity contribution >= 4 is 35.4 Å². The number of halogens is 1. The Labute approximate surface area is 183 Å². The van der Waals surface area contributed by atoms with Crippen LogP contribution in [0, 0.1) is 0 Å². The van der Waals surface area contributed by atoms with E-state index in [1.807, 2.05) is 32.9 Å². The Balaban J connectivity index is 2.15. The molecule has 2 atom stereocenters. The highest BCUT2D eigenvalue weighted by atomic mass is 35.5. The van der Waals surface area contributed by atoms with Crippen molar-refractivity contribution in [3.63, 3.8) is 0 Å². The van der Waals surface area contributed by atoms with Crippen LogP contribution in [0.4, 0.5) is 4.79 Å². The Kier molecular flexibility index (Phi) is 8.67. The van der Waals surface area contributed by atoms with Gasteiger partial charge in [0.05, 0.1) is 0 Å². The smallest absolute Gasteiger partial charge is 0.412 e. The van der Waals surface area contributed by atoms with Gasteiger partial charge in [-0.1, -0.05) is 37.6 Å². The topological polar surface area (TPSA) is 61.9 Å². The summed E-state index contributed by atoms with van der Waals surface area (Å²) in [5.74, 6) is 0.371. The molecular formula is C21H32ClN3O3S. The van der Waals surface area contributed by atoms with Gasteiger partial charge in [0.15, 0.2) is 0 Å². The maximum atomic E-state index is 13.0. The van der Waals surface area contributed by atoms with Crippen LogP contribution in [0.2, 0.25) is 5.02 Å². The molecule has 0 aromatic heterocycles. The number of rotatable bonds is 7. The van der Waals surface area contributed by atoms with Crippen molar-refractivity contribution in [1.82, 2.24) is 15.1 Å². The predicted molar refractivity (Wildman–Crippen MR) is 119 cm³/mol. The minimum absolute atomic E-state index is 0.146. The van der Waals surface area contributed by atoms with E-state index >= 15 is 0 Å². The van der Waals surface area contributed by atoms with Gasteiger partial charge in [0, 0.05) is 23.9 Å². The number of ether oxygens (including phenoxy) is 1. The Bertz CT molecular complexity index is 689. The molecule has 1 saturated heterocycles. The van der Waals surface area contributed by atoms with E-state index in [4.69, 9.17) is 16.3 Å². The summed E-state index contributed by atoms with van der Waals surface area (Å²) in [7, 11) is 0. The number of nitrogens with one attached hydrogen (secondary N) is 1. The standard InChI is InChI=1S/C21H32ClN3O3S/c1-6-24(7-2)13-12-23-18(26)17-14-29-19(15-8-10-16(22)11-9-15)25(17)20(27)28-21(3,4)5/h8-11,17,19H,6-7,12-14H2,1-5H3,(H,23,26)/t17-,19+/m0/s1. The number of amides is 2. The van der Waals surface area contributed by atoms with Crippen molar-refractivity contribution in [2.24, 2.45) is 0 Å². The van der Waals surface area contributed by atoms with Gasteiger partial charge in [0.1, 0.15) is 17.0 Å². The second-order valence-electron chi connectivity index (χ2n) is 7.96. The normalized spacial score (nSPS) is 19.5. The van der Waals surface area contributed by atoms with Gasteiger partial charge in [-0.3, -0.25) is 9.69 Å². The lowest BCUT2D eigenvalue weighted by atomic mass is 10.1. The predicted octanol–water partition coefficient (Wildman–Crippen LogP) is 4.15. The van der Waals surface area contributed by atoms with Crippen LogP contribution >= 0.6 is 23.4 Å². The molecule has 1 fully saturated rings. The van der Waals surface area contributed by atoms with Crippen LogP contribution in [-0.2, 0) is 9.53 Å². The third kappa shape index (κ3) is 6.79. The fourth-order valence-corrected chi connectivity index (χ4v) is 4.67. The number of nitrogens with zero attached hydrogens (tertiary/aromatic N) is 2. The molecule has 2 amide bonds. The molecule has 0 spiro atoms. The first-order valence-electron chi connectivity index (χ1n) is 10.0. The summed E-state index contributed by atoms with van der Waals surface area (Å²) in [6.45, 7) is 12.9. The van der Waals surface area contributed by atoms with E-state index in [-0.39, 0.29) is 11.3 Å². The van der Waals surface area contributed by atoms with Gasteiger partial charge in [0.25, 0.3) is 0 Å². The zero-order valence-corrected chi connectivity index (χ0v) is 19.5. The molecule has 0 bridgehead atoms. The molecular weight excluding hydrogens is 410 g/mol. The lowest BCUT2D eigenvalue weighted by molar-refractivity contribution is -0.125. The summed E-state index contributed by atoms with van der Waals surface area (Å²) in [4.78, 5) is 29.7. The van der Waals surface area contributed by atoms with E-state index in [2.05, 4.69) is 24.1 Å². The molecule has 6 nitrogen and oxygen atoms in total. The van der Waals surface area contributed by atoms with Gasteiger partial charge < -0.3 is 15.0 Å². The van der Waals surface area contributed by atoms with Crippen molar-refractivity contribution in [2.45, 2.75) is 51.6 Å². The molecule has 29 heavy (non-hydrogen) atoms. The maximum Gasteiger partial charge on any atom is 0.412 e. The Morgan fingerprint density at radius 3 is 2.41 bits per heavy atom. The number of hydrogen-bond acceptors (Lipinski definition) is 5. The molecule has 1 aliphatic rings. The lowest BCUT2D eigenvalue weighted by Gasteiger charge is -2.31. The average molecular weight is 442 g/mol. The van der Waals surface area contributed by atoms with Gasteiger partial charge in [-0.2, -0.15) is 0 Å². The summed E-state index contributed by atoms with van der Waals surface area (Å²) in [6.07, 6.45) is -0.480. The molecule has 2 rings (SSSR count). The van der Waals surface area contributed by atoms with Crippen molar-refractivity contribution in [3.05, 3.63) is 34.9 Å². The number of carbonyl (C=O) groups excluding carboxylic acids is 2. The molecule has 0 radical (unpaired) electrons. The molecule has 1 aliphatic heterocycles. The molecule has 0 unspecified atom stereocenters. The number of benzene rings is 1. The number of hydrogen-bond donors (Lipinski definition) is 1. The first kappa shape index (κ1) is 23.8. The van der Waals surface area contributed by atoms with Crippen molar-refractivity contribution < 1.29 is 14.3 Å². The summed E-state index contributed by atoms with van der Waals surface area (Å²) in [6, 6.07) is 6.78. The number of likely N-dealkylation sites (N-methyl/N-ethyl adjacent to an activating group) is 1. The average Bonchev–Trinajstić information content (AvgIpc) is 3.09. The molecule has 0 saturated carbocycles. The monoisotopic (exact) mass is 441 g/mol. The second kappa shape index (κ2) is 10.5. The first-order valence-corrected chi connectivity index (χ1v) is 11.5. The molecule has 0 aliphatic carbocycles. The van der Waals surface area contributed by atoms with Gasteiger partial charge in [0.2, 0.25) is 5.91 Å². The SMILES string of the molecule is CCN(CC)CCNC(=O)[C@@H]1CS[C@H](c2ccc(Cl)cc2)N1C(=O)OC(C)(C)C. The summed E-state index contributed by atoms with van der Waals surface area (Å²) >= 11 is 7.57. The highest BCUT2D eigenvalue weighted by Crippen LogP contribution is 2.42. The summed E-state index contributed by atoms with van der Waals surface area (Å²) in [5.41, 5.74) is 0.280. The van der Waals surface area contributed by atoms with Crippen molar-refractivity contribution in [2.75, 3.05) is 31.9 Å². The lowest BCUT2D eigenvalue weighted by Crippen LogP contribution is -2.50. The zero-order valence-electron chi connectivity index (χ0n) is 17.9. The first-order chi connectivity index (χ1) is 13.7. The highest BCUT2D eigenvalue weighted by molar-refractivity contribution is 7.99. The largest absolute Gasteiger partial charge is 0.444 e. The van der Waals surface area contributed by atoms with Crippen LogP contribution in [0.25, 0.3) is 0 Å². The van der Waals surface area contributed by atoms with Crippen LogP contribution in [0.5, 0.6) is 0 Å². The van der Waals surface area contributed by atoms with E-state index in [9.17, 15) is 9.59 Å². The fourth-order valence-electron chi connectivity index (χ4n) is 3.13. The van der Waals surface area contributed by atoms with Gasteiger partial charge >= 0.3 is 6.09 Å². The quantitative estimate of drug-likeness (QED) is 0.688. The van der Waals surface area contributed by atoms with Crippen LogP contribution < -0.4 is 5.32 Å². The third-order valence-electron chi connectivity index (χ3n) is 4.68. The molecule has 8 heteroatoms. The fraction of sp³-hybridized carbons (Fsp3) is 0.619. The minimum atomic E-state index is -0.640.